The van der Waals surface area contributed by atoms with E-state index < -0.39 is 25.0 Å². The highest BCUT2D eigenvalue weighted by Crippen LogP contribution is 2.54. The summed E-state index contributed by atoms with van der Waals surface area (Å²) in [5, 5.41) is 26.3. The van der Waals surface area contributed by atoms with Gasteiger partial charge in [0.05, 0.1) is 17.7 Å². The van der Waals surface area contributed by atoms with Gasteiger partial charge in [-0.15, -0.1) is 0 Å². The number of fused-ring (bicyclic) bond motifs is 3. The quantitative estimate of drug-likeness (QED) is 0.395. The van der Waals surface area contributed by atoms with Crippen LogP contribution in [0.25, 0.3) is 0 Å². The maximum atomic E-state index is 13.1. The third kappa shape index (κ3) is 4.71. The smallest absolute Gasteiger partial charge is 0.110 e. The molecule has 0 aromatic heterocycles. The van der Waals surface area contributed by atoms with Crippen LogP contribution in [-0.2, 0) is 19.4 Å². The number of anilines is 1. The van der Waals surface area contributed by atoms with Crippen molar-refractivity contribution in [2.75, 3.05) is 53.0 Å². The van der Waals surface area contributed by atoms with Crippen LogP contribution in [0.2, 0.25) is 0 Å². The van der Waals surface area contributed by atoms with Crippen LogP contribution in [-0.4, -0.2) is 80.9 Å². The maximum absolute atomic E-state index is 13.1. The summed E-state index contributed by atoms with van der Waals surface area (Å²) in [5.74, 6) is 0.465. The van der Waals surface area contributed by atoms with Gasteiger partial charge in [0.2, 0.25) is 0 Å². The SMILES string of the molecule is CC1=C2Cc3c(C)c(CNC(CF)CF)cc(N(C)C)c3C[C@H]2C[C@H]2[C@@H](N(C)C)C(O)=C(CN)C[C@@]12O. The van der Waals surface area contributed by atoms with E-state index in [1.807, 2.05) is 33.1 Å². The predicted octanol–water partition coefficient (Wildman–Crippen LogP) is 3.35. The zero-order valence-electron chi connectivity index (χ0n) is 23.2. The number of benzene rings is 1. The fourth-order valence-corrected chi connectivity index (χ4v) is 7.07. The van der Waals surface area contributed by atoms with Gasteiger partial charge in [-0.1, -0.05) is 5.57 Å². The van der Waals surface area contributed by atoms with Crippen molar-refractivity contribution in [1.82, 2.24) is 10.2 Å². The third-order valence-electron chi connectivity index (χ3n) is 9.26. The summed E-state index contributed by atoms with van der Waals surface area (Å²) in [6.07, 6.45) is 2.76. The zero-order chi connectivity index (χ0) is 27.2. The Hall–Kier alpha value is -2.00. The number of allylic oxidation sites excluding steroid dienone is 1. The van der Waals surface area contributed by atoms with Gasteiger partial charge in [-0.3, -0.25) is 4.90 Å². The van der Waals surface area contributed by atoms with E-state index in [9.17, 15) is 19.0 Å². The third-order valence-corrected chi connectivity index (χ3v) is 9.26. The van der Waals surface area contributed by atoms with Gasteiger partial charge >= 0.3 is 0 Å². The topological polar surface area (TPSA) is 85.0 Å². The van der Waals surface area contributed by atoms with Crippen LogP contribution < -0.4 is 16.0 Å². The molecule has 0 bridgehead atoms. The van der Waals surface area contributed by atoms with Gasteiger partial charge in [0.25, 0.3) is 0 Å². The van der Waals surface area contributed by atoms with E-state index in [2.05, 4.69) is 30.1 Å². The van der Waals surface area contributed by atoms with E-state index in [4.69, 9.17) is 5.73 Å². The van der Waals surface area contributed by atoms with Crippen LogP contribution in [0.3, 0.4) is 0 Å². The highest BCUT2D eigenvalue weighted by molar-refractivity contribution is 5.64. The highest BCUT2D eigenvalue weighted by atomic mass is 19.1. The summed E-state index contributed by atoms with van der Waals surface area (Å²) < 4.78 is 26.3. The lowest BCUT2D eigenvalue weighted by molar-refractivity contribution is -0.0506. The molecule has 0 amide bonds. The molecular formula is C29H44F2N4O2. The number of aliphatic hydroxyl groups excluding tert-OH is 1. The molecule has 6 nitrogen and oxygen atoms in total. The highest BCUT2D eigenvalue weighted by Gasteiger charge is 2.54. The number of nitrogens with one attached hydrogen (secondary N) is 1. The molecule has 0 saturated carbocycles. The van der Waals surface area contributed by atoms with Crippen LogP contribution >= 0.6 is 0 Å². The Labute approximate surface area is 220 Å². The standard InChI is InChI=1S/C29H44F2N4O2/c1-16-19(15-33-21(12-30)13-31)9-26(34(3)4)24-7-18-8-25-27(35(5)6)28(36)20(14-32)11-29(25,37)17(2)23(18)10-22(16)24/h9,18,21,25,27,33,36-37H,7-8,10-15,32H2,1-6H3/t18-,25-,27+,29+/m0/s1. The van der Waals surface area contributed by atoms with Crippen molar-refractivity contribution in [3.8, 4) is 0 Å². The predicted molar refractivity (Wildman–Crippen MR) is 146 cm³/mol. The van der Waals surface area contributed by atoms with Crippen molar-refractivity contribution in [3.05, 3.63) is 50.8 Å². The van der Waals surface area contributed by atoms with E-state index >= 15 is 0 Å². The number of hydrogen-bond acceptors (Lipinski definition) is 6. The minimum atomic E-state index is -1.05. The van der Waals surface area contributed by atoms with Gasteiger partial charge in [-0.2, -0.15) is 0 Å². The molecule has 206 valence electrons. The zero-order valence-corrected chi connectivity index (χ0v) is 23.2. The molecule has 1 aromatic carbocycles. The molecule has 37 heavy (non-hydrogen) atoms. The normalized spacial score (nSPS) is 27.5. The molecule has 0 heterocycles. The van der Waals surface area contributed by atoms with Gasteiger partial charge in [-0.25, -0.2) is 8.78 Å². The number of halogens is 2. The van der Waals surface area contributed by atoms with Gasteiger partial charge in [0.1, 0.15) is 19.1 Å². The lowest BCUT2D eigenvalue weighted by Crippen LogP contribution is -2.58. The van der Waals surface area contributed by atoms with E-state index in [1.54, 1.807) is 0 Å². The monoisotopic (exact) mass is 518 g/mol. The van der Waals surface area contributed by atoms with Gasteiger partial charge in [-0.05, 0) is 92.6 Å². The Morgan fingerprint density at radius 2 is 1.84 bits per heavy atom. The summed E-state index contributed by atoms with van der Waals surface area (Å²) in [4.78, 5) is 4.13. The van der Waals surface area contributed by atoms with Crippen molar-refractivity contribution in [2.45, 2.75) is 63.8 Å². The molecule has 4 atom stereocenters. The van der Waals surface area contributed by atoms with E-state index in [-0.39, 0.29) is 24.4 Å². The first kappa shape index (κ1) is 28.0. The summed E-state index contributed by atoms with van der Waals surface area (Å²) in [6.45, 7) is 3.31. The minimum absolute atomic E-state index is 0.126. The second kappa shape index (κ2) is 10.6. The van der Waals surface area contributed by atoms with Crippen molar-refractivity contribution >= 4 is 5.69 Å². The Bertz CT molecular complexity index is 1100. The van der Waals surface area contributed by atoms with Crippen molar-refractivity contribution < 1.29 is 19.0 Å². The molecule has 4 rings (SSSR count). The molecule has 0 unspecified atom stereocenters. The van der Waals surface area contributed by atoms with E-state index in [1.165, 1.54) is 16.7 Å². The van der Waals surface area contributed by atoms with Crippen LogP contribution in [0.4, 0.5) is 14.5 Å². The summed E-state index contributed by atoms with van der Waals surface area (Å²) in [7, 11) is 7.96. The summed E-state index contributed by atoms with van der Waals surface area (Å²) in [5.41, 5.74) is 13.9. The average Bonchev–Trinajstić information content (AvgIpc) is 2.86. The number of aliphatic hydroxyl groups is 2. The molecule has 0 spiro atoms. The molecule has 5 N–H and O–H groups in total. The first-order valence-electron chi connectivity index (χ1n) is 13.3. The molecule has 0 fully saturated rings. The van der Waals surface area contributed by atoms with Crippen molar-refractivity contribution in [1.29, 1.82) is 0 Å². The Morgan fingerprint density at radius 3 is 2.41 bits per heavy atom. The molecule has 3 aliphatic rings. The van der Waals surface area contributed by atoms with Gasteiger partial charge in [0.15, 0.2) is 0 Å². The lowest BCUT2D eigenvalue weighted by Gasteiger charge is -2.53. The van der Waals surface area contributed by atoms with E-state index in [0.29, 0.717) is 18.7 Å². The number of alkyl halides is 2. The fourth-order valence-electron chi connectivity index (χ4n) is 7.07. The molecule has 0 saturated heterocycles. The minimum Gasteiger partial charge on any atom is -0.511 e. The number of likely N-dealkylation sites (N-methyl/N-ethyl adjacent to an activating group) is 1. The fraction of sp³-hybridized carbons (Fsp3) is 0.655. The first-order chi connectivity index (χ1) is 17.5. The average molecular weight is 519 g/mol. The second-order valence-corrected chi connectivity index (χ2v) is 11.7. The molecule has 3 aliphatic carbocycles. The van der Waals surface area contributed by atoms with Crippen LogP contribution in [0.5, 0.6) is 0 Å². The maximum Gasteiger partial charge on any atom is 0.110 e. The summed E-state index contributed by atoms with van der Waals surface area (Å²) >= 11 is 0. The number of rotatable bonds is 8. The van der Waals surface area contributed by atoms with Crippen LogP contribution in [0, 0.1) is 18.8 Å². The number of nitrogens with two attached hydrogens (primary N) is 1. The van der Waals surface area contributed by atoms with Crippen molar-refractivity contribution in [3.63, 3.8) is 0 Å². The molecular weight excluding hydrogens is 474 g/mol. The largest absolute Gasteiger partial charge is 0.511 e. The van der Waals surface area contributed by atoms with Crippen LogP contribution in [0.1, 0.15) is 42.0 Å². The Morgan fingerprint density at radius 1 is 1.16 bits per heavy atom. The Balaban J connectivity index is 1.79. The van der Waals surface area contributed by atoms with Crippen molar-refractivity contribution in [2.24, 2.45) is 17.6 Å². The van der Waals surface area contributed by atoms with Crippen LogP contribution in [0.15, 0.2) is 28.5 Å². The van der Waals surface area contributed by atoms with Gasteiger partial charge < -0.3 is 26.2 Å². The molecule has 1 aromatic rings. The lowest BCUT2D eigenvalue weighted by atomic mass is 9.57. The number of hydrogen-bond donors (Lipinski definition) is 4. The molecule has 0 radical (unpaired) electrons. The first-order valence-corrected chi connectivity index (χ1v) is 13.3. The summed E-state index contributed by atoms with van der Waals surface area (Å²) in [6, 6.07) is 1.08. The molecule has 0 aliphatic heterocycles. The molecule has 8 heteroatoms. The second-order valence-electron chi connectivity index (χ2n) is 11.7. The van der Waals surface area contributed by atoms with E-state index in [0.717, 1.165) is 47.2 Å². The number of nitrogens with zero attached hydrogens (tertiary/aromatic N) is 2. The Kier molecular flexibility index (Phi) is 8.05. The van der Waals surface area contributed by atoms with Gasteiger partial charge in [0, 0.05) is 45.2 Å².